The molecular weight excluding hydrogens is 561 g/mol. The van der Waals surface area contributed by atoms with Gasteiger partial charge in [0, 0.05) is 41.2 Å². The number of amides is 2. The average Bonchev–Trinajstić information content (AvgIpc) is 2.88. The summed E-state index contributed by atoms with van der Waals surface area (Å²) in [6, 6.07) is 11.2. The van der Waals surface area contributed by atoms with E-state index in [-0.39, 0.29) is 43.8 Å². The van der Waals surface area contributed by atoms with Crippen LogP contribution in [0.4, 0.5) is 5.69 Å². The number of hydrogen-bond donors (Lipinski definition) is 1. The van der Waals surface area contributed by atoms with Crippen LogP contribution in [0.3, 0.4) is 0 Å². The molecule has 0 fully saturated rings. The van der Waals surface area contributed by atoms with E-state index in [0.29, 0.717) is 40.1 Å². The van der Waals surface area contributed by atoms with E-state index in [0.717, 1.165) is 12.7 Å². The summed E-state index contributed by atoms with van der Waals surface area (Å²) in [5, 5.41) is 3.76. The summed E-state index contributed by atoms with van der Waals surface area (Å²) in [6.07, 6.45) is 2.49. The Hall–Kier alpha value is -2.49. The Balaban J connectivity index is 2.31. The number of nitrogens with zero attached hydrogens (tertiary/aromatic N) is 2. The van der Waals surface area contributed by atoms with Gasteiger partial charge in [0.05, 0.1) is 18.6 Å². The maximum atomic E-state index is 13.6. The lowest BCUT2D eigenvalue weighted by Gasteiger charge is -2.32. The summed E-state index contributed by atoms with van der Waals surface area (Å²) >= 11 is 12.8. The van der Waals surface area contributed by atoms with E-state index in [4.69, 9.17) is 27.9 Å². The molecule has 0 saturated carbocycles. The van der Waals surface area contributed by atoms with Gasteiger partial charge in [-0.25, -0.2) is 8.42 Å². The van der Waals surface area contributed by atoms with E-state index in [1.807, 2.05) is 27.7 Å². The molecule has 0 bridgehead atoms. The SMILES string of the molecule is CCOc1ccccc1N(CCCC(=O)N(Cc1c(Cl)cccc1Cl)[C@H](CC)C(=O)N[C@@H](C)CC)S(C)(=O)=O. The standard InChI is InChI=1S/C28H39Cl2N3O5S/c1-6-20(4)31-28(35)24(7-2)32(19-21-22(29)13-11-14-23(21)30)27(34)17-12-18-33(39(5,36)37)25-15-9-10-16-26(25)38-8-3/h9-11,13-16,20,24H,6-8,12,17-19H2,1-5H3,(H,31,35)/t20-,24+/m0/s1. The van der Waals surface area contributed by atoms with Crippen LogP contribution in [0, 0.1) is 0 Å². The zero-order valence-electron chi connectivity index (χ0n) is 23.2. The van der Waals surface area contributed by atoms with Crippen molar-refractivity contribution in [3.63, 3.8) is 0 Å². The molecule has 0 aliphatic heterocycles. The lowest BCUT2D eigenvalue weighted by Crippen LogP contribution is -2.50. The summed E-state index contributed by atoms with van der Waals surface area (Å²) in [6.45, 7) is 8.02. The van der Waals surface area contributed by atoms with E-state index in [1.165, 1.54) is 9.21 Å². The molecule has 0 aliphatic rings. The number of rotatable bonds is 15. The molecule has 2 aromatic rings. The summed E-state index contributed by atoms with van der Waals surface area (Å²) in [5.74, 6) is -0.116. The van der Waals surface area contributed by atoms with Gasteiger partial charge < -0.3 is 15.0 Å². The van der Waals surface area contributed by atoms with Gasteiger partial charge in [0.25, 0.3) is 0 Å². The van der Waals surface area contributed by atoms with Gasteiger partial charge in [-0.15, -0.1) is 0 Å². The van der Waals surface area contributed by atoms with Crippen LogP contribution in [-0.2, 0) is 26.2 Å². The van der Waals surface area contributed by atoms with Crippen LogP contribution in [0.1, 0.15) is 58.9 Å². The van der Waals surface area contributed by atoms with E-state index in [2.05, 4.69) is 5.32 Å². The third kappa shape index (κ3) is 9.29. The summed E-state index contributed by atoms with van der Waals surface area (Å²) < 4.78 is 32.2. The fraction of sp³-hybridized carbons (Fsp3) is 0.500. The molecule has 0 aromatic heterocycles. The predicted molar refractivity (Wildman–Crippen MR) is 158 cm³/mol. The van der Waals surface area contributed by atoms with Crippen LogP contribution in [-0.4, -0.2) is 56.6 Å². The maximum absolute atomic E-state index is 13.6. The number of hydrogen-bond acceptors (Lipinski definition) is 5. The number of anilines is 1. The van der Waals surface area contributed by atoms with Crippen LogP contribution >= 0.6 is 23.2 Å². The van der Waals surface area contributed by atoms with Gasteiger partial charge in [-0.2, -0.15) is 0 Å². The first-order valence-electron chi connectivity index (χ1n) is 13.2. The Morgan fingerprint density at radius 1 is 1.00 bits per heavy atom. The van der Waals surface area contributed by atoms with Gasteiger partial charge in [-0.05, 0) is 57.4 Å². The number of para-hydroxylation sites is 2. The van der Waals surface area contributed by atoms with Crippen molar-refractivity contribution in [3.8, 4) is 5.75 Å². The largest absolute Gasteiger partial charge is 0.492 e. The fourth-order valence-corrected chi connectivity index (χ4v) is 5.62. The number of benzene rings is 2. The topological polar surface area (TPSA) is 96.0 Å². The lowest BCUT2D eigenvalue weighted by molar-refractivity contribution is -0.141. The summed E-state index contributed by atoms with van der Waals surface area (Å²) in [7, 11) is -3.66. The second kappa shape index (κ2) is 15.3. The zero-order valence-corrected chi connectivity index (χ0v) is 25.6. The summed E-state index contributed by atoms with van der Waals surface area (Å²) in [4.78, 5) is 28.3. The number of carbonyl (C=O) groups is 2. The molecule has 39 heavy (non-hydrogen) atoms. The molecule has 2 aromatic carbocycles. The molecule has 0 radical (unpaired) electrons. The average molecular weight is 601 g/mol. The van der Waals surface area contributed by atoms with Gasteiger partial charge >= 0.3 is 0 Å². The first kappa shape index (κ1) is 32.7. The van der Waals surface area contributed by atoms with Crippen molar-refractivity contribution in [2.24, 2.45) is 0 Å². The number of halogens is 2. The monoisotopic (exact) mass is 599 g/mol. The van der Waals surface area contributed by atoms with Crippen molar-refractivity contribution in [2.45, 2.75) is 72.0 Å². The van der Waals surface area contributed by atoms with Crippen molar-refractivity contribution < 1.29 is 22.7 Å². The van der Waals surface area contributed by atoms with Crippen LogP contribution in [0.25, 0.3) is 0 Å². The third-order valence-electron chi connectivity index (χ3n) is 6.36. The Kier molecular flexibility index (Phi) is 12.9. The van der Waals surface area contributed by atoms with Gasteiger partial charge in [-0.3, -0.25) is 13.9 Å². The van der Waals surface area contributed by atoms with Crippen molar-refractivity contribution in [2.75, 3.05) is 23.7 Å². The van der Waals surface area contributed by atoms with E-state index in [9.17, 15) is 18.0 Å². The number of ether oxygens (including phenoxy) is 1. The second-order valence-corrected chi connectivity index (χ2v) is 12.0. The molecule has 0 aliphatic carbocycles. The first-order chi connectivity index (χ1) is 18.4. The van der Waals surface area contributed by atoms with E-state index >= 15 is 0 Å². The third-order valence-corrected chi connectivity index (χ3v) is 8.25. The van der Waals surface area contributed by atoms with Crippen LogP contribution in [0.5, 0.6) is 5.75 Å². The normalized spacial score (nSPS) is 12.9. The highest BCUT2D eigenvalue weighted by molar-refractivity contribution is 7.92. The highest BCUT2D eigenvalue weighted by Gasteiger charge is 2.30. The molecular formula is C28H39Cl2N3O5S. The van der Waals surface area contributed by atoms with Crippen molar-refractivity contribution >= 4 is 50.7 Å². The first-order valence-corrected chi connectivity index (χ1v) is 15.8. The Morgan fingerprint density at radius 3 is 2.21 bits per heavy atom. The Labute approximate surface area is 242 Å². The molecule has 0 unspecified atom stereocenters. The van der Waals surface area contributed by atoms with E-state index < -0.39 is 16.1 Å². The molecule has 2 atom stereocenters. The van der Waals surface area contributed by atoms with Crippen molar-refractivity contribution in [1.29, 1.82) is 0 Å². The smallest absolute Gasteiger partial charge is 0.243 e. The molecule has 0 saturated heterocycles. The Bertz CT molecular complexity index is 1210. The fourth-order valence-electron chi connectivity index (χ4n) is 4.14. The highest BCUT2D eigenvalue weighted by atomic mass is 35.5. The van der Waals surface area contributed by atoms with Crippen molar-refractivity contribution in [1.82, 2.24) is 10.2 Å². The minimum Gasteiger partial charge on any atom is -0.492 e. The number of carbonyl (C=O) groups excluding carboxylic acids is 2. The summed E-state index contributed by atoms with van der Waals surface area (Å²) in [5.41, 5.74) is 0.959. The molecule has 0 heterocycles. The second-order valence-electron chi connectivity index (χ2n) is 9.30. The van der Waals surface area contributed by atoms with Crippen LogP contribution in [0.15, 0.2) is 42.5 Å². The quantitative estimate of drug-likeness (QED) is 0.285. The van der Waals surface area contributed by atoms with Crippen LogP contribution < -0.4 is 14.4 Å². The molecule has 2 amide bonds. The molecule has 2 rings (SSSR count). The minimum absolute atomic E-state index is 0.0119. The Morgan fingerprint density at radius 2 is 1.64 bits per heavy atom. The van der Waals surface area contributed by atoms with Gasteiger partial charge in [0.2, 0.25) is 21.8 Å². The molecule has 8 nitrogen and oxygen atoms in total. The van der Waals surface area contributed by atoms with Gasteiger partial charge in [0.1, 0.15) is 11.8 Å². The highest BCUT2D eigenvalue weighted by Crippen LogP contribution is 2.31. The molecule has 1 N–H and O–H groups in total. The predicted octanol–water partition coefficient (Wildman–Crippen LogP) is 5.66. The van der Waals surface area contributed by atoms with Crippen molar-refractivity contribution in [3.05, 3.63) is 58.1 Å². The molecule has 0 spiro atoms. The maximum Gasteiger partial charge on any atom is 0.243 e. The minimum atomic E-state index is -3.66. The van der Waals surface area contributed by atoms with E-state index in [1.54, 1.807) is 42.5 Å². The lowest BCUT2D eigenvalue weighted by atomic mass is 10.1. The van der Waals surface area contributed by atoms with Gasteiger partial charge in [-0.1, -0.05) is 55.2 Å². The number of nitrogens with one attached hydrogen (secondary N) is 1. The molecule has 216 valence electrons. The zero-order chi connectivity index (χ0) is 29.2. The van der Waals surface area contributed by atoms with Gasteiger partial charge in [0.15, 0.2) is 0 Å². The number of sulfonamides is 1. The molecule has 11 heteroatoms. The van der Waals surface area contributed by atoms with Crippen LogP contribution in [0.2, 0.25) is 10.0 Å².